The van der Waals surface area contributed by atoms with Crippen LogP contribution in [0.25, 0.3) is 0 Å². The van der Waals surface area contributed by atoms with Crippen molar-refractivity contribution in [2.24, 2.45) is 11.8 Å². The van der Waals surface area contributed by atoms with Crippen LogP contribution in [-0.2, 0) is 9.59 Å². The molecule has 1 saturated carbocycles. The summed E-state index contributed by atoms with van der Waals surface area (Å²) in [4.78, 5) is 23.6. The van der Waals surface area contributed by atoms with Crippen LogP contribution in [0.3, 0.4) is 0 Å². The second-order valence-electron chi connectivity index (χ2n) is 6.42. The van der Waals surface area contributed by atoms with E-state index in [1.54, 1.807) is 0 Å². The summed E-state index contributed by atoms with van der Waals surface area (Å²) >= 11 is 0. The van der Waals surface area contributed by atoms with Crippen molar-refractivity contribution in [1.82, 2.24) is 5.32 Å². The minimum Gasteiger partial charge on any atom is -0.481 e. The monoisotopic (exact) mass is 303 g/mol. The molecule has 1 fully saturated rings. The Hall–Kier alpha value is -1.84. The third-order valence-corrected chi connectivity index (χ3v) is 4.87. The molecule has 4 nitrogen and oxygen atoms in total. The third kappa shape index (κ3) is 3.67. The van der Waals surface area contributed by atoms with Gasteiger partial charge >= 0.3 is 5.97 Å². The van der Waals surface area contributed by atoms with Crippen LogP contribution in [0.2, 0.25) is 0 Å². The number of nitrogens with one attached hydrogen (secondary N) is 1. The molecule has 2 rings (SSSR count). The molecule has 0 spiro atoms. The molecular weight excluding hydrogens is 278 g/mol. The summed E-state index contributed by atoms with van der Waals surface area (Å²) in [5.41, 5.74) is 3.53. The number of aliphatic carboxylic acids is 1. The fraction of sp³-hybridized carbons (Fsp3) is 0.556. The molecule has 0 bridgehead atoms. The lowest BCUT2D eigenvalue weighted by Gasteiger charge is -2.27. The van der Waals surface area contributed by atoms with Crippen LogP contribution in [0, 0.1) is 25.7 Å². The van der Waals surface area contributed by atoms with Gasteiger partial charge in [-0.05, 0) is 56.7 Å². The van der Waals surface area contributed by atoms with Crippen LogP contribution in [0.4, 0.5) is 0 Å². The summed E-state index contributed by atoms with van der Waals surface area (Å²) in [5, 5.41) is 12.2. The summed E-state index contributed by atoms with van der Waals surface area (Å²) in [6, 6.07) is 6.04. The average molecular weight is 303 g/mol. The van der Waals surface area contributed by atoms with Gasteiger partial charge < -0.3 is 10.4 Å². The fourth-order valence-corrected chi connectivity index (χ4v) is 3.30. The molecule has 22 heavy (non-hydrogen) atoms. The van der Waals surface area contributed by atoms with Gasteiger partial charge in [0, 0.05) is 5.92 Å². The molecule has 0 heterocycles. The zero-order valence-electron chi connectivity index (χ0n) is 13.6. The second kappa shape index (κ2) is 6.95. The Morgan fingerprint density at radius 3 is 2.59 bits per heavy atom. The molecule has 1 aromatic rings. The van der Waals surface area contributed by atoms with Crippen LogP contribution in [0.15, 0.2) is 18.2 Å². The predicted octanol–water partition coefficient (Wildman–Crippen LogP) is 3.37. The first-order valence-electron chi connectivity index (χ1n) is 7.99. The van der Waals surface area contributed by atoms with E-state index in [1.807, 2.05) is 19.1 Å². The van der Waals surface area contributed by atoms with Crippen molar-refractivity contribution in [3.8, 4) is 0 Å². The lowest BCUT2D eigenvalue weighted by molar-refractivity contribution is -0.144. The summed E-state index contributed by atoms with van der Waals surface area (Å²) in [7, 11) is 0. The zero-order valence-corrected chi connectivity index (χ0v) is 13.6. The van der Waals surface area contributed by atoms with Crippen molar-refractivity contribution < 1.29 is 14.7 Å². The number of carboxylic acids is 1. The van der Waals surface area contributed by atoms with E-state index < -0.39 is 5.97 Å². The number of aryl methyl sites for hydroxylation is 1. The Kier molecular flexibility index (Phi) is 5.22. The van der Waals surface area contributed by atoms with Crippen molar-refractivity contribution >= 4 is 11.9 Å². The van der Waals surface area contributed by atoms with Gasteiger partial charge in [-0.3, -0.25) is 9.59 Å². The molecule has 3 atom stereocenters. The second-order valence-corrected chi connectivity index (χ2v) is 6.42. The predicted molar refractivity (Wildman–Crippen MR) is 85.6 cm³/mol. The van der Waals surface area contributed by atoms with Crippen LogP contribution in [-0.4, -0.2) is 17.0 Å². The number of carbonyl (C=O) groups is 2. The van der Waals surface area contributed by atoms with Gasteiger partial charge in [-0.15, -0.1) is 0 Å². The topological polar surface area (TPSA) is 66.4 Å². The molecule has 3 unspecified atom stereocenters. The van der Waals surface area contributed by atoms with Crippen LogP contribution in [0.1, 0.15) is 55.3 Å². The van der Waals surface area contributed by atoms with Gasteiger partial charge in [0.15, 0.2) is 0 Å². The summed E-state index contributed by atoms with van der Waals surface area (Å²) < 4.78 is 0. The maximum Gasteiger partial charge on any atom is 0.306 e. The first-order valence-corrected chi connectivity index (χ1v) is 7.99. The quantitative estimate of drug-likeness (QED) is 0.896. The van der Waals surface area contributed by atoms with E-state index in [0.717, 1.165) is 18.4 Å². The maximum absolute atomic E-state index is 12.4. The van der Waals surface area contributed by atoms with Gasteiger partial charge in [0.1, 0.15) is 0 Å². The molecule has 0 saturated heterocycles. The third-order valence-electron chi connectivity index (χ3n) is 4.87. The van der Waals surface area contributed by atoms with Crippen LogP contribution in [0.5, 0.6) is 0 Å². The average Bonchev–Trinajstić information content (AvgIpc) is 2.50. The van der Waals surface area contributed by atoms with E-state index in [4.69, 9.17) is 5.11 Å². The van der Waals surface area contributed by atoms with Gasteiger partial charge in [-0.1, -0.05) is 24.6 Å². The van der Waals surface area contributed by atoms with Crippen molar-refractivity contribution in [2.45, 2.75) is 52.5 Å². The molecule has 0 aliphatic heterocycles. The minimum absolute atomic E-state index is 0.0145. The number of carboxylic acid groups (broad SMARTS) is 1. The van der Waals surface area contributed by atoms with Gasteiger partial charge in [0.05, 0.1) is 12.0 Å². The number of amides is 1. The lowest BCUT2D eigenvalue weighted by Crippen LogP contribution is -2.36. The highest BCUT2D eigenvalue weighted by Gasteiger charge is 2.31. The van der Waals surface area contributed by atoms with Gasteiger partial charge in [-0.2, -0.15) is 0 Å². The highest BCUT2D eigenvalue weighted by Crippen LogP contribution is 2.30. The highest BCUT2D eigenvalue weighted by molar-refractivity contribution is 5.80. The van der Waals surface area contributed by atoms with Gasteiger partial charge in [0.2, 0.25) is 5.91 Å². The van der Waals surface area contributed by atoms with Crippen LogP contribution >= 0.6 is 0 Å². The van der Waals surface area contributed by atoms with Gasteiger partial charge in [0.25, 0.3) is 0 Å². The Morgan fingerprint density at radius 1 is 1.23 bits per heavy atom. The zero-order chi connectivity index (χ0) is 16.3. The molecule has 1 amide bonds. The number of carbonyl (C=O) groups excluding carboxylic acids is 1. The number of hydrogen-bond acceptors (Lipinski definition) is 2. The van der Waals surface area contributed by atoms with E-state index in [0.29, 0.717) is 12.8 Å². The van der Waals surface area contributed by atoms with E-state index in [1.165, 1.54) is 11.1 Å². The minimum atomic E-state index is -0.778. The number of rotatable bonds is 4. The van der Waals surface area contributed by atoms with E-state index in [-0.39, 0.29) is 23.8 Å². The fourth-order valence-electron chi connectivity index (χ4n) is 3.30. The normalized spacial score (nSPS) is 22.9. The number of hydrogen-bond donors (Lipinski definition) is 2. The molecule has 2 N–H and O–H groups in total. The first kappa shape index (κ1) is 16.5. The van der Waals surface area contributed by atoms with Crippen LogP contribution < -0.4 is 5.32 Å². The Bertz CT molecular complexity index is 567. The highest BCUT2D eigenvalue weighted by atomic mass is 16.4. The summed E-state index contributed by atoms with van der Waals surface area (Å²) in [6.45, 7) is 6.11. The van der Waals surface area contributed by atoms with Crippen molar-refractivity contribution in [1.29, 1.82) is 0 Å². The summed E-state index contributed by atoms with van der Waals surface area (Å²) in [6.07, 6.45) is 2.74. The molecule has 0 radical (unpaired) electrons. The molecule has 0 aromatic heterocycles. The van der Waals surface area contributed by atoms with Gasteiger partial charge in [-0.25, -0.2) is 0 Å². The van der Waals surface area contributed by atoms with E-state index >= 15 is 0 Å². The van der Waals surface area contributed by atoms with E-state index in [9.17, 15) is 9.59 Å². The molecule has 1 aromatic carbocycles. The molecule has 4 heteroatoms. The molecular formula is C18H25NO3. The molecule has 1 aliphatic rings. The Balaban J connectivity index is 2.02. The largest absolute Gasteiger partial charge is 0.481 e. The maximum atomic E-state index is 12.4. The van der Waals surface area contributed by atoms with E-state index in [2.05, 4.69) is 25.2 Å². The molecule has 120 valence electrons. The smallest absolute Gasteiger partial charge is 0.306 e. The SMILES string of the molecule is Cc1cccc(C(C)NC(=O)C2CCCC(C(=O)O)C2)c1C. The Morgan fingerprint density at radius 2 is 1.91 bits per heavy atom. The Labute approximate surface area is 131 Å². The lowest BCUT2D eigenvalue weighted by atomic mass is 9.81. The first-order chi connectivity index (χ1) is 10.4. The van der Waals surface area contributed by atoms with Crippen molar-refractivity contribution in [2.75, 3.05) is 0 Å². The number of benzene rings is 1. The standard InChI is InChI=1S/C18H25NO3/c1-11-6-4-9-16(12(11)2)13(3)19-17(20)14-7-5-8-15(10-14)18(21)22/h4,6,9,13-15H,5,7-8,10H2,1-3H3,(H,19,20)(H,21,22). The van der Waals surface area contributed by atoms with Crippen molar-refractivity contribution in [3.05, 3.63) is 34.9 Å². The van der Waals surface area contributed by atoms with Crippen molar-refractivity contribution in [3.63, 3.8) is 0 Å². The summed E-state index contributed by atoms with van der Waals surface area (Å²) in [5.74, 6) is -1.35. The molecule has 1 aliphatic carbocycles.